The molecule has 0 fully saturated rings. The summed E-state index contributed by atoms with van der Waals surface area (Å²) >= 11 is 5.81. The number of aromatic nitrogens is 2. The van der Waals surface area contributed by atoms with E-state index in [2.05, 4.69) is 11.1 Å². The molecule has 0 spiro atoms. The molecule has 0 unspecified atom stereocenters. The Balaban J connectivity index is 2.17. The van der Waals surface area contributed by atoms with Gasteiger partial charge in [-0.05, 0) is 17.7 Å². The van der Waals surface area contributed by atoms with E-state index in [0.717, 1.165) is 16.3 Å². The van der Waals surface area contributed by atoms with Gasteiger partial charge >= 0.3 is 0 Å². The van der Waals surface area contributed by atoms with Crippen LogP contribution in [0.25, 0.3) is 0 Å². The van der Waals surface area contributed by atoms with E-state index >= 15 is 0 Å². The quantitative estimate of drug-likeness (QED) is 0.815. The van der Waals surface area contributed by atoms with Gasteiger partial charge in [-0.3, -0.25) is 0 Å². The lowest BCUT2D eigenvalue weighted by Crippen LogP contribution is -2.02. The molecule has 0 amide bonds. The Morgan fingerprint density at radius 1 is 1.31 bits per heavy atom. The molecule has 2 rings (SSSR count). The van der Waals surface area contributed by atoms with Gasteiger partial charge in [0, 0.05) is 17.8 Å². The zero-order chi connectivity index (χ0) is 11.4. The van der Waals surface area contributed by atoms with Crippen LogP contribution in [0, 0.1) is 11.3 Å². The second kappa shape index (κ2) is 4.82. The molecule has 0 saturated heterocycles. The minimum atomic E-state index is 0.383. The molecule has 0 saturated carbocycles. The molecule has 0 atom stereocenters. The Hall–Kier alpha value is -1.79. The predicted octanol–water partition coefficient (Wildman–Crippen LogP) is 2.65. The maximum atomic E-state index is 8.66. The zero-order valence-electron chi connectivity index (χ0n) is 8.60. The number of hydrogen-bond donors (Lipinski definition) is 0. The maximum Gasteiger partial charge on any atom is 0.0951 e. The molecule has 0 N–H and O–H groups in total. The third-order valence-corrected chi connectivity index (χ3v) is 2.58. The first-order chi connectivity index (χ1) is 7.79. The molecule has 4 heteroatoms. The highest BCUT2D eigenvalue weighted by Gasteiger charge is 2.02. The van der Waals surface area contributed by atoms with E-state index < -0.39 is 0 Å². The van der Waals surface area contributed by atoms with Gasteiger partial charge in [-0.1, -0.05) is 23.7 Å². The van der Waals surface area contributed by atoms with Crippen LogP contribution in [-0.4, -0.2) is 9.55 Å². The molecule has 0 bridgehead atoms. The SMILES string of the molecule is N#CCc1cncn1Cc1ccc(Cl)cc1. The topological polar surface area (TPSA) is 41.6 Å². The third kappa shape index (κ3) is 2.41. The van der Waals surface area contributed by atoms with Crippen molar-refractivity contribution in [1.82, 2.24) is 9.55 Å². The lowest BCUT2D eigenvalue weighted by atomic mass is 10.2. The molecule has 80 valence electrons. The Morgan fingerprint density at radius 2 is 2.06 bits per heavy atom. The average Bonchev–Trinajstić information content (AvgIpc) is 2.70. The Kier molecular flexibility index (Phi) is 3.23. The van der Waals surface area contributed by atoms with Crippen molar-refractivity contribution in [2.75, 3.05) is 0 Å². The van der Waals surface area contributed by atoms with Crippen LogP contribution in [-0.2, 0) is 13.0 Å². The smallest absolute Gasteiger partial charge is 0.0951 e. The van der Waals surface area contributed by atoms with Crippen molar-refractivity contribution in [3.8, 4) is 6.07 Å². The first-order valence-corrected chi connectivity index (χ1v) is 5.28. The Morgan fingerprint density at radius 3 is 2.75 bits per heavy atom. The summed E-state index contributed by atoms with van der Waals surface area (Å²) in [7, 11) is 0. The largest absolute Gasteiger partial charge is 0.329 e. The summed E-state index contributed by atoms with van der Waals surface area (Å²) in [5.74, 6) is 0. The van der Waals surface area contributed by atoms with E-state index in [1.807, 2.05) is 28.8 Å². The maximum absolute atomic E-state index is 8.66. The number of imidazole rings is 1. The van der Waals surface area contributed by atoms with Gasteiger partial charge in [-0.15, -0.1) is 0 Å². The number of nitriles is 1. The van der Waals surface area contributed by atoms with Crippen molar-refractivity contribution in [3.05, 3.63) is 53.1 Å². The van der Waals surface area contributed by atoms with Crippen LogP contribution in [0.2, 0.25) is 5.02 Å². The van der Waals surface area contributed by atoms with E-state index in [0.29, 0.717) is 13.0 Å². The van der Waals surface area contributed by atoms with Crippen LogP contribution in [0.15, 0.2) is 36.8 Å². The molecule has 1 aromatic carbocycles. The van der Waals surface area contributed by atoms with Gasteiger partial charge in [0.25, 0.3) is 0 Å². The van der Waals surface area contributed by atoms with Gasteiger partial charge < -0.3 is 4.57 Å². The van der Waals surface area contributed by atoms with E-state index in [1.165, 1.54) is 0 Å². The van der Waals surface area contributed by atoms with Gasteiger partial charge in [-0.2, -0.15) is 5.26 Å². The molecule has 0 aliphatic rings. The van der Waals surface area contributed by atoms with Crippen molar-refractivity contribution >= 4 is 11.6 Å². The van der Waals surface area contributed by atoms with Crippen molar-refractivity contribution in [1.29, 1.82) is 5.26 Å². The van der Waals surface area contributed by atoms with Crippen molar-refractivity contribution in [2.45, 2.75) is 13.0 Å². The van der Waals surface area contributed by atoms with E-state index in [4.69, 9.17) is 16.9 Å². The molecular formula is C12H10ClN3. The van der Waals surface area contributed by atoms with Crippen LogP contribution in [0.1, 0.15) is 11.3 Å². The minimum Gasteiger partial charge on any atom is -0.329 e. The second-order valence-corrected chi connectivity index (χ2v) is 3.91. The number of halogens is 1. The number of hydrogen-bond acceptors (Lipinski definition) is 2. The van der Waals surface area contributed by atoms with E-state index in [1.54, 1.807) is 12.5 Å². The van der Waals surface area contributed by atoms with E-state index in [-0.39, 0.29) is 0 Å². The molecule has 2 aromatic rings. The summed E-state index contributed by atoms with van der Waals surface area (Å²) in [6.45, 7) is 0.716. The lowest BCUT2D eigenvalue weighted by molar-refractivity contribution is 0.758. The van der Waals surface area contributed by atoms with Gasteiger partial charge in [0.2, 0.25) is 0 Å². The van der Waals surface area contributed by atoms with Crippen molar-refractivity contribution in [2.24, 2.45) is 0 Å². The normalized spacial score (nSPS) is 10.0. The van der Waals surface area contributed by atoms with E-state index in [9.17, 15) is 0 Å². The fraction of sp³-hybridized carbons (Fsp3) is 0.167. The highest BCUT2D eigenvalue weighted by molar-refractivity contribution is 6.30. The fourth-order valence-electron chi connectivity index (χ4n) is 1.51. The Labute approximate surface area is 98.9 Å². The Bertz CT molecular complexity index is 508. The first-order valence-electron chi connectivity index (χ1n) is 4.90. The van der Waals surface area contributed by atoms with Crippen LogP contribution >= 0.6 is 11.6 Å². The monoisotopic (exact) mass is 231 g/mol. The van der Waals surface area contributed by atoms with Crippen molar-refractivity contribution < 1.29 is 0 Å². The molecule has 16 heavy (non-hydrogen) atoms. The summed E-state index contributed by atoms with van der Waals surface area (Å²) in [6, 6.07) is 9.78. The summed E-state index contributed by atoms with van der Waals surface area (Å²) < 4.78 is 1.96. The van der Waals surface area contributed by atoms with Gasteiger partial charge in [-0.25, -0.2) is 4.98 Å². The van der Waals surface area contributed by atoms with Crippen LogP contribution in [0.4, 0.5) is 0 Å². The van der Waals surface area contributed by atoms with Crippen LogP contribution in [0.5, 0.6) is 0 Å². The number of rotatable bonds is 3. The molecule has 0 aliphatic carbocycles. The van der Waals surface area contributed by atoms with Gasteiger partial charge in [0.15, 0.2) is 0 Å². The third-order valence-electron chi connectivity index (χ3n) is 2.32. The van der Waals surface area contributed by atoms with Gasteiger partial charge in [0.1, 0.15) is 0 Å². The molecule has 3 nitrogen and oxygen atoms in total. The zero-order valence-corrected chi connectivity index (χ0v) is 9.35. The lowest BCUT2D eigenvalue weighted by Gasteiger charge is -2.05. The minimum absolute atomic E-state index is 0.383. The van der Waals surface area contributed by atoms with Crippen LogP contribution < -0.4 is 0 Å². The molecule has 0 aliphatic heterocycles. The first kappa shape index (κ1) is 10.7. The molecular weight excluding hydrogens is 222 g/mol. The summed E-state index contributed by atoms with van der Waals surface area (Å²) in [4.78, 5) is 4.04. The summed E-state index contributed by atoms with van der Waals surface area (Å²) in [5.41, 5.74) is 2.07. The summed E-state index contributed by atoms with van der Waals surface area (Å²) in [5, 5.41) is 9.38. The van der Waals surface area contributed by atoms with Gasteiger partial charge in [0.05, 0.1) is 24.5 Å². The highest BCUT2D eigenvalue weighted by Crippen LogP contribution is 2.11. The summed E-state index contributed by atoms with van der Waals surface area (Å²) in [6.07, 6.45) is 3.84. The second-order valence-electron chi connectivity index (χ2n) is 3.47. The fourth-order valence-corrected chi connectivity index (χ4v) is 1.63. The molecule has 0 radical (unpaired) electrons. The standard InChI is InChI=1S/C12H10ClN3/c13-11-3-1-10(2-4-11)8-16-9-15-7-12(16)5-6-14/h1-4,7,9H,5,8H2. The average molecular weight is 232 g/mol. The number of benzene rings is 1. The number of nitrogens with zero attached hydrogens (tertiary/aromatic N) is 3. The highest BCUT2D eigenvalue weighted by atomic mass is 35.5. The van der Waals surface area contributed by atoms with Crippen molar-refractivity contribution in [3.63, 3.8) is 0 Å². The molecule has 1 heterocycles. The predicted molar refractivity (Wildman–Crippen MR) is 62.1 cm³/mol. The molecule has 1 aromatic heterocycles. The van der Waals surface area contributed by atoms with Crippen LogP contribution in [0.3, 0.4) is 0 Å².